The average molecular weight is 235 g/mol. The number of ether oxygens (including phenoxy) is 1. The second-order valence-corrected chi connectivity index (χ2v) is 4.85. The molecule has 0 aliphatic carbocycles. The molecule has 0 amide bonds. The lowest BCUT2D eigenvalue weighted by Crippen LogP contribution is -2.49. The van der Waals surface area contributed by atoms with Gasteiger partial charge in [0.2, 0.25) is 0 Å². The molecule has 2 rings (SSSR count). The van der Waals surface area contributed by atoms with E-state index in [2.05, 4.69) is 24.4 Å². The zero-order chi connectivity index (χ0) is 12.3. The molecule has 1 aliphatic heterocycles. The van der Waals surface area contributed by atoms with E-state index in [9.17, 15) is 5.11 Å². The first-order valence-corrected chi connectivity index (χ1v) is 6.27. The van der Waals surface area contributed by atoms with Gasteiger partial charge in [-0.3, -0.25) is 0 Å². The third kappa shape index (κ3) is 3.28. The number of rotatable bonds is 3. The second-order valence-electron chi connectivity index (χ2n) is 4.85. The van der Waals surface area contributed by atoms with Crippen molar-refractivity contribution in [1.29, 1.82) is 0 Å². The van der Waals surface area contributed by atoms with Gasteiger partial charge < -0.3 is 15.2 Å². The summed E-state index contributed by atoms with van der Waals surface area (Å²) in [6.45, 7) is 4.61. The second kappa shape index (κ2) is 5.63. The van der Waals surface area contributed by atoms with Gasteiger partial charge in [-0.25, -0.2) is 0 Å². The molecule has 0 radical (unpaired) electrons. The summed E-state index contributed by atoms with van der Waals surface area (Å²) in [6, 6.07) is 10.7. The van der Waals surface area contributed by atoms with E-state index in [1.54, 1.807) is 0 Å². The van der Waals surface area contributed by atoms with Crippen LogP contribution in [0, 0.1) is 0 Å². The minimum atomic E-state index is -0.405. The molecule has 1 fully saturated rings. The van der Waals surface area contributed by atoms with Gasteiger partial charge in [0.15, 0.2) is 0 Å². The van der Waals surface area contributed by atoms with Gasteiger partial charge in [-0.15, -0.1) is 0 Å². The van der Waals surface area contributed by atoms with Crippen molar-refractivity contribution in [1.82, 2.24) is 5.32 Å². The van der Waals surface area contributed by atoms with E-state index in [0.717, 1.165) is 6.42 Å². The van der Waals surface area contributed by atoms with E-state index in [0.29, 0.717) is 6.61 Å². The van der Waals surface area contributed by atoms with E-state index in [1.807, 2.05) is 25.1 Å². The molecule has 1 saturated heterocycles. The summed E-state index contributed by atoms with van der Waals surface area (Å²) in [5.41, 5.74) is 1.25. The normalized spacial score (nSPS) is 31.1. The van der Waals surface area contributed by atoms with Crippen LogP contribution in [0.1, 0.15) is 31.9 Å². The predicted molar refractivity (Wildman–Crippen MR) is 67.8 cm³/mol. The van der Waals surface area contributed by atoms with Crippen LogP contribution in [0.25, 0.3) is 0 Å². The van der Waals surface area contributed by atoms with Gasteiger partial charge in [0.25, 0.3) is 0 Å². The molecule has 3 nitrogen and oxygen atoms in total. The van der Waals surface area contributed by atoms with Gasteiger partial charge >= 0.3 is 0 Å². The first kappa shape index (κ1) is 12.6. The van der Waals surface area contributed by atoms with Crippen molar-refractivity contribution in [2.24, 2.45) is 0 Å². The van der Waals surface area contributed by atoms with Crippen molar-refractivity contribution in [3.05, 3.63) is 35.9 Å². The maximum Gasteiger partial charge on any atom is 0.0927 e. The van der Waals surface area contributed by atoms with Crippen molar-refractivity contribution in [2.45, 2.75) is 44.6 Å². The SMILES string of the molecule is CC1CC(NC(C)c2ccccc2)C(O)CO1. The van der Waals surface area contributed by atoms with Crippen LogP contribution in [0.2, 0.25) is 0 Å². The highest BCUT2D eigenvalue weighted by atomic mass is 16.5. The molecule has 4 atom stereocenters. The van der Waals surface area contributed by atoms with Gasteiger partial charge in [0.05, 0.1) is 18.8 Å². The maximum absolute atomic E-state index is 9.90. The number of nitrogens with one attached hydrogen (secondary N) is 1. The summed E-state index contributed by atoms with van der Waals surface area (Å²) in [5, 5.41) is 13.4. The Labute approximate surface area is 103 Å². The molecule has 1 heterocycles. The molecule has 1 aromatic rings. The van der Waals surface area contributed by atoms with Crippen LogP contribution in [0.15, 0.2) is 30.3 Å². The third-order valence-corrected chi connectivity index (χ3v) is 3.37. The molecule has 0 spiro atoms. The van der Waals surface area contributed by atoms with Crippen molar-refractivity contribution in [3.8, 4) is 0 Å². The Morgan fingerprint density at radius 1 is 1.35 bits per heavy atom. The fraction of sp³-hybridized carbons (Fsp3) is 0.571. The van der Waals surface area contributed by atoms with E-state index in [1.165, 1.54) is 5.56 Å². The summed E-state index contributed by atoms with van der Waals surface area (Å²) in [5.74, 6) is 0. The molecule has 1 aliphatic rings. The summed E-state index contributed by atoms with van der Waals surface area (Å²) >= 11 is 0. The van der Waals surface area contributed by atoms with Crippen LogP contribution in [0.5, 0.6) is 0 Å². The van der Waals surface area contributed by atoms with Gasteiger partial charge in [-0.1, -0.05) is 30.3 Å². The number of benzene rings is 1. The minimum absolute atomic E-state index is 0.119. The standard InChI is InChI=1S/C14H21NO2/c1-10-8-13(14(16)9-17-10)15-11(2)12-6-4-3-5-7-12/h3-7,10-11,13-16H,8-9H2,1-2H3. The number of hydrogen-bond donors (Lipinski definition) is 2. The Kier molecular flexibility index (Phi) is 4.15. The highest BCUT2D eigenvalue weighted by molar-refractivity contribution is 5.18. The van der Waals surface area contributed by atoms with E-state index in [4.69, 9.17) is 4.74 Å². The highest BCUT2D eigenvalue weighted by Crippen LogP contribution is 2.19. The topological polar surface area (TPSA) is 41.5 Å². The molecule has 4 unspecified atom stereocenters. The monoisotopic (exact) mass is 235 g/mol. The average Bonchev–Trinajstić information content (AvgIpc) is 2.35. The first-order chi connectivity index (χ1) is 8.16. The smallest absolute Gasteiger partial charge is 0.0927 e. The fourth-order valence-electron chi connectivity index (χ4n) is 2.30. The Bertz CT molecular complexity index is 341. The van der Waals surface area contributed by atoms with Gasteiger partial charge in [-0.2, -0.15) is 0 Å². The molecule has 94 valence electrons. The quantitative estimate of drug-likeness (QED) is 0.840. The molecular weight excluding hydrogens is 214 g/mol. The molecule has 1 aromatic carbocycles. The molecular formula is C14H21NO2. The van der Waals surface area contributed by atoms with Crippen LogP contribution in [-0.2, 0) is 4.74 Å². The third-order valence-electron chi connectivity index (χ3n) is 3.37. The number of aliphatic hydroxyl groups excluding tert-OH is 1. The molecule has 0 aromatic heterocycles. The van der Waals surface area contributed by atoms with E-state index >= 15 is 0 Å². The summed E-state index contributed by atoms with van der Waals surface area (Å²) in [6.07, 6.45) is 0.675. The Morgan fingerprint density at radius 2 is 2.06 bits per heavy atom. The number of aliphatic hydroxyl groups is 1. The van der Waals surface area contributed by atoms with Crippen LogP contribution in [-0.4, -0.2) is 30.0 Å². The first-order valence-electron chi connectivity index (χ1n) is 6.27. The lowest BCUT2D eigenvalue weighted by atomic mass is 9.99. The van der Waals surface area contributed by atoms with E-state index < -0.39 is 6.10 Å². The molecule has 17 heavy (non-hydrogen) atoms. The van der Waals surface area contributed by atoms with Crippen molar-refractivity contribution >= 4 is 0 Å². The van der Waals surface area contributed by atoms with Crippen molar-refractivity contribution in [2.75, 3.05) is 6.61 Å². The summed E-state index contributed by atoms with van der Waals surface area (Å²) in [7, 11) is 0. The van der Waals surface area contributed by atoms with Crippen LogP contribution in [0.3, 0.4) is 0 Å². The number of hydrogen-bond acceptors (Lipinski definition) is 3. The Morgan fingerprint density at radius 3 is 2.76 bits per heavy atom. The van der Waals surface area contributed by atoms with Crippen LogP contribution in [0.4, 0.5) is 0 Å². The molecule has 2 N–H and O–H groups in total. The molecule has 0 bridgehead atoms. The summed E-state index contributed by atoms with van der Waals surface area (Å²) in [4.78, 5) is 0. The van der Waals surface area contributed by atoms with Crippen LogP contribution >= 0.6 is 0 Å². The summed E-state index contributed by atoms with van der Waals surface area (Å²) < 4.78 is 5.42. The fourth-order valence-corrected chi connectivity index (χ4v) is 2.30. The van der Waals surface area contributed by atoms with Gasteiger partial charge in [0.1, 0.15) is 0 Å². The van der Waals surface area contributed by atoms with Crippen LogP contribution < -0.4 is 5.32 Å². The molecule has 3 heteroatoms. The lowest BCUT2D eigenvalue weighted by Gasteiger charge is -2.34. The molecule has 0 saturated carbocycles. The van der Waals surface area contributed by atoms with E-state index in [-0.39, 0.29) is 18.2 Å². The lowest BCUT2D eigenvalue weighted by molar-refractivity contribution is -0.0681. The van der Waals surface area contributed by atoms with Gasteiger partial charge in [0, 0.05) is 12.1 Å². The van der Waals surface area contributed by atoms with Gasteiger partial charge in [-0.05, 0) is 25.8 Å². The largest absolute Gasteiger partial charge is 0.389 e. The Hall–Kier alpha value is -0.900. The Balaban J connectivity index is 1.96. The minimum Gasteiger partial charge on any atom is -0.389 e. The highest BCUT2D eigenvalue weighted by Gasteiger charge is 2.28. The predicted octanol–water partition coefficient (Wildman–Crippen LogP) is 1.88. The van der Waals surface area contributed by atoms with Crippen molar-refractivity contribution in [3.63, 3.8) is 0 Å². The maximum atomic E-state index is 9.90. The zero-order valence-electron chi connectivity index (χ0n) is 10.5. The van der Waals surface area contributed by atoms with Crippen molar-refractivity contribution < 1.29 is 9.84 Å². The zero-order valence-corrected chi connectivity index (χ0v) is 10.5.